The minimum atomic E-state index is -0.552. The van der Waals surface area contributed by atoms with E-state index in [4.69, 9.17) is 4.74 Å². The van der Waals surface area contributed by atoms with Gasteiger partial charge in [0, 0.05) is 17.6 Å². The van der Waals surface area contributed by atoms with Gasteiger partial charge >= 0.3 is 5.97 Å². The summed E-state index contributed by atoms with van der Waals surface area (Å²) >= 11 is 1.39. The van der Waals surface area contributed by atoms with Gasteiger partial charge in [0.25, 0.3) is 5.91 Å². The van der Waals surface area contributed by atoms with Crippen molar-refractivity contribution in [3.63, 3.8) is 0 Å². The van der Waals surface area contributed by atoms with E-state index in [1.54, 1.807) is 18.3 Å². The molecular formula is C18H20N2O3S. The average molecular weight is 344 g/mol. The maximum atomic E-state index is 12.2. The molecule has 2 aromatic rings. The second-order valence-corrected chi connectivity index (χ2v) is 6.26. The highest BCUT2D eigenvalue weighted by Crippen LogP contribution is 2.29. The first-order valence-electron chi connectivity index (χ1n) is 7.73. The van der Waals surface area contributed by atoms with Gasteiger partial charge in [-0.05, 0) is 37.6 Å². The van der Waals surface area contributed by atoms with Gasteiger partial charge in [-0.15, -0.1) is 0 Å². The Kier molecular flexibility index (Phi) is 6.81. The van der Waals surface area contributed by atoms with E-state index in [-0.39, 0.29) is 12.5 Å². The van der Waals surface area contributed by atoms with Crippen LogP contribution in [0.3, 0.4) is 0 Å². The summed E-state index contributed by atoms with van der Waals surface area (Å²) < 4.78 is 5.08. The molecule has 0 spiro atoms. The number of hydrogen-bond acceptors (Lipinski definition) is 5. The number of rotatable bonds is 7. The minimum absolute atomic E-state index is 0.289. The Balaban J connectivity index is 2.03. The van der Waals surface area contributed by atoms with Crippen molar-refractivity contribution in [1.82, 2.24) is 10.3 Å². The normalized spacial score (nSPS) is 10.2. The third-order valence-electron chi connectivity index (χ3n) is 3.13. The largest absolute Gasteiger partial charge is 0.452 e. The molecule has 1 N–H and O–H groups in total. The Morgan fingerprint density at radius 3 is 2.67 bits per heavy atom. The number of esters is 1. The van der Waals surface area contributed by atoms with Crippen LogP contribution in [0, 0.1) is 6.92 Å². The topological polar surface area (TPSA) is 68.3 Å². The van der Waals surface area contributed by atoms with Gasteiger partial charge in [0.2, 0.25) is 0 Å². The number of amides is 1. The Labute approximate surface area is 145 Å². The van der Waals surface area contributed by atoms with Crippen molar-refractivity contribution in [2.75, 3.05) is 13.2 Å². The van der Waals surface area contributed by atoms with Crippen molar-refractivity contribution < 1.29 is 14.3 Å². The molecule has 0 radical (unpaired) electrons. The number of nitrogens with one attached hydrogen (secondary N) is 1. The molecule has 5 nitrogen and oxygen atoms in total. The molecule has 0 fully saturated rings. The maximum Gasteiger partial charge on any atom is 0.341 e. The van der Waals surface area contributed by atoms with Crippen molar-refractivity contribution in [3.8, 4) is 0 Å². The van der Waals surface area contributed by atoms with Crippen molar-refractivity contribution in [1.29, 1.82) is 0 Å². The highest BCUT2D eigenvalue weighted by Gasteiger charge is 2.16. The first kappa shape index (κ1) is 18.0. The standard InChI is InChI=1S/C18H20N2O3S/c1-3-10-19-16(21)12-23-18(22)15-5-4-11-20-17(15)24-14-8-6-13(2)7-9-14/h4-9,11H,3,10,12H2,1-2H3,(H,19,21). The Bertz CT molecular complexity index is 702. The van der Waals surface area contributed by atoms with Gasteiger partial charge in [-0.2, -0.15) is 0 Å². The fourth-order valence-corrected chi connectivity index (χ4v) is 2.74. The molecule has 0 aliphatic carbocycles. The molecular weight excluding hydrogens is 324 g/mol. The van der Waals surface area contributed by atoms with Crippen LogP contribution >= 0.6 is 11.8 Å². The highest BCUT2D eigenvalue weighted by molar-refractivity contribution is 7.99. The summed E-state index contributed by atoms with van der Waals surface area (Å²) in [6, 6.07) is 11.3. The first-order chi connectivity index (χ1) is 11.6. The van der Waals surface area contributed by atoms with Crippen molar-refractivity contribution >= 4 is 23.6 Å². The SMILES string of the molecule is CCCNC(=O)COC(=O)c1cccnc1Sc1ccc(C)cc1. The van der Waals surface area contributed by atoms with Crippen LogP contribution in [0.5, 0.6) is 0 Å². The zero-order valence-corrected chi connectivity index (χ0v) is 14.6. The number of aromatic nitrogens is 1. The summed E-state index contributed by atoms with van der Waals surface area (Å²) in [6.45, 7) is 4.25. The van der Waals surface area contributed by atoms with Crippen LogP contribution < -0.4 is 5.32 Å². The molecule has 1 heterocycles. The van der Waals surface area contributed by atoms with Crippen molar-refractivity contribution in [3.05, 3.63) is 53.7 Å². The van der Waals surface area contributed by atoms with Gasteiger partial charge in [-0.3, -0.25) is 4.79 Å². The van der Waals surface area contributed by atoms with Gasteiger partial charge in [0.1, 0.15) is 5.03 Å². The summed E-state index contributed by atoms with van der Waals surface area (Å²) in [5.41, 5.74) is 1.52. The number of carbonyl (C=O) groups excluding carboxylic acids is 2. The molecule has 0 bridgehead atoms. The van der Waals surface area contributed by atoms with Gasteiger partial charge in [0.05, 0.1) is 5.56 Å². The molecule has 1 amide bonds. The monoisotopic (exact) mass is 344 g/mol. The lowest BCUT2D eigenvalue weighted by Crippen LogP contribution is -2.29. The molecule has 6 heteroatoms. The minimum Gasteiger partial charge on any atom is -0.452 e. The van der Waals surface area contributed by atoms with E-state index in [0.717, 1.165) is 16.9 Å². The molecule has 126 valence electrons. The highest BCUT2D eigenvalue weighted by atomic mass is 32.2. The fraction of sp³-hybridized carbons (Fsp3) is 0.278. The lowest BCUT2D eigenvalue weighted by atomic mass is 10.2. The molecule has 0 aliphatic heterocycles. The zero-order valence-electron chi connectivity index (χ0n) is 13.7. The second-order valence-electron chi connectivity index (χ2n) is 5.20. The van der Waals surface area contributed by atoms with E-state index in [1.807, 2.05) is 38.1 Å². The lowest BCUT2D eigenvalue weighted by molar-refractivity contribution is -0.124. The number of nitrogens with zero attached hydrogens (tertiary/aromatic N) is 1. The molecule has 0 aliphatic rings. The first-order valence-corrected chi connectivity index (χ1v) is 8.55. The van der Waals surface area contributed by atoms with E-state index in [0.29, 0.717) is 17.1 Å². The summed E-state index contributed by atoms with van der Waals surface area (Å²) in [7, 11) is 0. The van der Waals surface area contributed by atoms with E-state index in [1.165, 1.54) is 11.8 Å². The predicted octanol–water partition coefficient (Wildman–Crippen LogP) is 3.22. The van der Waals surface area contributed by atoms with Crippen LogP contribution in [-0.4, -0.2) is 30.0 Å². The molecule has 0 unspecified atom stereocenters. The molecule has 0 atom stereocenters. The quantitative estimate of drug-likeness (QED) is 0.781. The number of aryl methyl sites for hydroxylation is 1. The van der Waals surface area contributed by atoms with Crippen LogP contribution in [0.15, 0.2) is 52.5 Å². The zero-order chi connectivity index (χ0) is 17.4. The van der Waals surface area contributed by atoms with Gasteiger partial charge in [-0.25, -0.2) is 9.78 Å². The summed E-state index contributed by atoms with van der Waals surface area (Å²) in [6.07, 6.45) is 2.46. The Hall–Kier alpha value is -2.34. The molecule has 1 aromatic heterocycles. The fourth-order valence-electron chi connectivity index (χ4n) is 1.87. The van der Waals surface area contributed by atoms with Crippen molar-refractivity contribution in [2.24, 2.45) is 0 Å². The summed E-state index contributed by atoms with van der Waals surface area (Å²) in [5.74, 6) is -0.855. The smallest absolute Gasteiger partial charge is 0.341 e. The predicted molar refractivity (Wildman–Crippen MR) is 93.1 cm³/mol. The summed E-state index contributed by atoms with van der Waals surface area (Å²) in [5, 5.41) is 3.22. The number of hydrogen-bond donors (Lipinski definition) is 1. The van der Waals surface area contributed by atoms with E-state index >= 15 is 0 Å². The number of carbonyl (C=O) groups is 2. The third kappa shape index (κ3) is 5.38. The number of pyridine rings is 1. The summed E-state index contributed by atoms with van der Waals surface area (Å²) in [4.78, 5) is 29.0. The van der Waals surface area contributed by atoms with Crippen LogP contribution in [0.4, 0.5) is 0 Å². The maximum absolute atomic E-state index is 12.2. The lowest BCUT2D eigenvalue weighted by Gasteiger charge is -2.09. The van der Waals surface area contributed by atoms with Crippen LogP contribution in [0.25, 0.3) is 0 Å². The van der Waals surface area contributed by atoms with Gasteiger partial charge in [-0.1, -0.05) is 36.4 Å². The van der Waals surface area contributed by atoms with E-state index in [2.05, 4.69) is 10.3 Å². The Morgan fingerprint density at radius 2 is 1.96 bits per heavy atom. The van der Waals surface area contributed by atoms with E-state index in [9.17, 15) is 9.59 Å². The average Bonchev–Trinajstić information content (AvgIpc) is 2.60. The molecule has 0 saturated heterocycles. The van der Waals surface area contributed by atoms with Gasteiger partial charge < -0.3 is 10.1 Å². The molecule has 2 rings (SSSR count). The van der Waals surface area contributed by atoms with E-state index < -0.39 is 5.97 Å². The van der Waals surface area contributed by atoms with Crippen LogP contribution in [0.2, 0.25) is 0 Å². The van der Waals surface area contributed by atoms with Crippen LogP contribution in [0.1, 0.15) is 29.3 Å². The molecule has 24 heavy (non-hydrogen) atoms. The molecule has 1 aromatic carbocycles. The number of benzene rings is 1. The number of ether oxygens (including phenoxy) is 1. The second kappa shape index (κ2) is 9.08. The van der Waals surface area contributed by atoms with Crippen LogP contribution in [-0.2, 0) is 9.53 Å². The van der Waals surface area contributed by atoms with Crippen molar-refractivity contribution in [2.45, 2.75) is 30.2 Å². The third-order valence-corrected chi connectivity index (χ3v) is 4.16. The Morgan fingerprint density at radius 1 is 1.21 bits per heavy atom. The molecule has 0 saturated carbocycles. The van der Waals surface area contributed by atoms with Gasteiger partial charge in [0.15, 0.2) is 6.61 Å².